The summed E-state index contributed by atoms with van der Waals surface area (Å²) >= 11 is 0. The molecule has 3 rings (SSSR count). The maximum Gasteiger partial charge on any atom is 0.255 e. The van der Waals surface area contributed by atoms with Crippen LogP contribution in [0.15, 0.2) is 84.5 Å². The second kappa shape index (κ2) is 8.55. The van der Waals surface area contributed by atoms with E-state index in [1.165, 1.54) is 42.7 Å². The molecule has 0 unspecified atom stereocenters. The number of hydrogen-bond acceptors (Lipinski definition) is 5. The first kappa shape index (κ1) is 19.4. The highest BCUT2D eigenvalue weighted by molar-refractivity contribution is 7.89. The van der Waals surface area contributed by atoms with Crippen LogP contribution in [0.4, 0.5) is 5.69 Å². The molecule has 0 bridgehead atoms. The Kier molecular flexibility index (Phi) is 5.93. The fourth-order valence-corrected chi connectivity index (χ4v) is 3.37. The van der Waals surface area contributed by atoms with E-state index in [9.17, 15) is 13.2 Å². The Labute approximate surface area is 163 Å². The lowest BCUT2D eigenvalue weighted by molar-refractivity contribution is 0.102. The molecule has 1 amide bonds. The first-order chi connectivity index (χ1) is 13.5. The van der Waals surface area contributed by atoms with E-state index < -0.39 is 10.0 Å². The number of aromatic nitrogens is 2. The van der Waals surface area contributed by atoms with Crippen LogP contribution in [-0.2, 0) is 10.0 Å². The van der Waals surface area contributed by atoms with Crippen molar-refractivity contribution in [3.8, 4) is 11.4 Å². The largest absolute Gasteiger partial charge is 0.319 e. The topological polar surface area (TPSA) is 101 Å². The number of carbonyl (C=O) groups excluding carboxylic acids is 1. The van der Waals surface area contributed by atoms with Gasteiger partial charge in [-0.3, -0.25) is 4.79 Å². The van der Waals surface area contributed by atoms with Crippen molar-refractivity contribution < 1.29 is 13.2 Å². The van der Waals surface area contributed by atoms with Gasteiger partial charge in [0.1, 0.15) is 0 Å². The molecule has 8 heteroatoms. The monoisotopic (exact) mass is 394 g/mol. The maximum atomic E-state index is 12.4. The average Bonchev–Trinajstić information content (AvgIpc) is 2.73. The van der Waals surface area contributed by atoms with Crippen LogP contribution in [0.1, 0.15) is 10.4 Å². The number of hydrogen-bond donors (Lipinski definition) is 2. The third-order valence-corrected chi connectivity index (χ3v) is 5.23. The Morgan fingerprint density at radius 2 is 1.64 bits per heavy atom. The summed E-state index contributed by atoms with van der Waals surface area (Å²) in [6, 6.07) is 15.1. The van der Waals surface area contributed by atoms with Crippen LogP contribution in [0.3, 0.4) is 0 Å². The number of rotatable bonds is 7. The van der Waals surface area contributed by atoms with E-state index in [4.69, 9.17) is 0 Å². The van der Waals surface area contributed by atoms with E-state index in [-0.39, 0.29) is 17.3 Å². The van der Waals surface area contributed by atoms with Crippen LogP contribution >= 0.6 is 0 Å². The number of benzene rings is 2. The predicted octanol–water partition coefficient (Wildman–Crippen LogP) is 2.86. The molecular formula is C20H18N4O3S. The Morgan fingerprint density at radius 1 is 1.00 bits per heavy atom. The smallest absolute Gasteiger partial charge is 0.255 e. The van der Waals surface area contributed by atoms with Crippen molar-refractivity contribution in [1.29, 1.82) is 0 Å². The summed E-state index contributed by atoms with van der Waals surface area (Å²) in [4.78, 5) is 20.9. The molecule has 0 aliphatic rings. The Bertz CT molecular complexity index is 1060. The zero-order chi connectivity index (χ0) is 20.0. The van der Waals surface area contributed by atoms with Gasteiger partial charge in [0.25, 0.3) is 5.91 Å². The maximum absolute atomic E-state index is 12.4. The molecule has 0 saturated heterocycles. The summed E-state index contributed by atoms with van der Waals surface area (Å²) in [7, 11) is -3.63. The molecule has 7 nitrogen and oxygen atoms in total. The van der Waals surface area contributed by atoms with E-state index in [0.717, 1.165) is 5.56 Å². The molecular weight excluding hydrogens is 376 g/mol. The van der Waals surface area contributed by atoms with Crippen molar-refractivity contribution in [2.24, 2.45) is 0 Å². The molecule has 2 N–H and O–H groups in total. The highest BCUT2D eigenvalue weighted by Crippen LogP contribution is 2.16. The molecule has 0 aliphatic heterocycles. The van der Waals surface area contributed by atoms with Gasteiger partial charge in [-0.1, -0.05) is 36.4 Å². The van der Waals surface area contributed by atoms with Gasteiger partial charge in [0.15, 0.2) is 5.82 Å². The lowest BCUT2D eigenvalue weighted by Crippen LogP contribution is -2.23. The van der Waals surface area contributed by atoms with Gasteiger partial charge in [0.05, 0.1) is 23.0 Å². The van der Waals surface area contributed by atoms with Gasteiger partial charge < -0.3 is 5.32 Å². The number of nitrogens with zero attached hydrogens (tertiary/aromatic N) is 2. The lowest BCUT2D eigenvalue weighted by atomic mass is 10.2. The molecule has 0 saturated carbocycles. The molecule has 0 fully saturated rings. The van der Waals surface area contributed by atoms with Gasteiger partial charge in [-0.2, -0.15) is 0 Å². The van der Waals surface area contributed by atoms with Gasteiger partial charge in [-0.25, -0.2) is 23.1 Å². The van der Waals surface area contributed by atoms with Crippen molar-refractivity contribution in [2.45, 2.75) is 4.90 Å². The minimum atomic E-state index is -3.63. The van der Waals surface area contributed by atoms with Crippen molar-refractivity contribution in [3.63, 3.8) is 0 Å². The lowest BCUT2D eigenvalue weighted by Gasteiger charge is -2.07. The van der Waals surface area contributed by atoms with Gasteiger partial charge in [-0.05, 0) is 24.3 Å². The zero-order valence-corrected chi connectivity index (χ0v) is 15.7. The molecule has 0 spiro atoms. The van der Waals surface area contributed by atoms with Gasteiger partial charge >= 0.3 is 0 Å². The van der Waals surface area contributed by atoms with Crippen molar-refractivity contribution in [2.75, 3.05) is 11.9 Å². The van der Waals surface area contributed by atoms with Crippen LogP contribution < -0.4 is 10.0 Å². The molecule has 142 valence electrons. The summed E-state index contributed by atoms with van der Waals surface area (Å²) in [5.74, 6) is 0.166. The highest BCUT2D eigenvalue weighted by atomic mass is 32.2. The van der Waals surface area contributed by atoms with Crippen molar-refractivity contribution >= 4 is 21.6 Å². The van der Waals surface area contributed by atoms with Crippen LogP contribution in [0.5, 0.6) is 0 Å². The van der Waals surface area contributed by atoms with E-state index in [2.05, 4.69) is 26.6 Å². The normalized spacial score (nSPS) is 11.0. The minimum Gasteiger partial charge on any atom is -0.319 e. The average molecular weight is 394 g/mol. The van der Waals surface area contributed by atoms with E-state index >= 15 is 0 Å². The fourth-order valence-electron chi connectivity index (χ4n) is 2.37. The molecule has 28 heavy (non-hydrogen) atoms. The van der Waals surface area contributed by atoms with Crippen LogP contribution in [0, 0.1) is 0 Å². The molecule has 1 heterocycles. The van der Waals surface area contributed by atoms with Gasteiger partial charge in [0.2, 0.25) is 10.0 Å². The third-order valence-electron chi connectivity index (χ3n) is 3.79. The second-order valence-electron chi connectivity index (χ2n) is 5.78. The number of sulfonamides is 1. The third kappa shape index (κ3) is 4.67. The Hall–Kier alpha value is -3.36. The molecule has 0 aliphatic carbocycles. The number of anilines is 1. The molecule has 2 aromatic carbocycles. The van der Waals surface area contributed by atoms with Crippen LogP contribution in [0.2, 0.25) is 0 Å². The van der Waals surface area contributed by atoms with E-state index in [1.54, 1.807) is 0 Å². The summed E-state index contributed by atoms with van der Waals surface area (Å²) in [6.07, 6.45) is 4.49. The molecule has 3 aromatic rings. The summed E-state index contributed by atoms with van der Waals surface area (Å²) in [5.41, 5.74) is 1.63. The Balaban J connectivity index is 1.68. The minimum absolute atomic E-state index is 0.0708. The summed E-state index contributed by atoms with van der Waals surface area (Å²) in [5, 5.41) is 2.69. The molecule has 0 atom stereocenters. The number of amides is 1. The first-order valence-electron chi connectivity index (χ1n) is 8.39. The van der Waals surface area contributed by atoms with Gasteiger partial charge in [-0.15, -0.1) is 6.58 Å². The Morgan fingerprint density at radius 3 is 2.25 bits per heavy atom. The van der Waals surface area contributed by atoms with E-state index in [1.807, 2.05) is 30.3 Å². The summed E-state index contributed by atoms with van der Waals surface area (Å²) < 4.78 is 26.4. The second-order valence-corrected chi connectivity index (χ2v) is 7.55. The predicted molar refractivity (Wildman–Crippen MR) is 107 cm³/mol. The number of nitrogens with one attached hydrogen (secondary N) is 2. The first-order valence-corrected chi connectivity index (χ1v) is 9.87. The quantitative estimate of drug-likeness (QED) is 0.600. The molecule has 1 aromatic heterocycles. The SMILES string of the molecule is C=CCNS(=O)(=O)c1ccc(C(=O)Nc2cnc(-c3ccccc3)nc2)cc1. The zero-order valence-electron chi connectivity index (χ0n) is 14.9. The standard InChI is InChI=1S/C20H18N4O3S/c1-2-12-23-28(26,27)18-10-8-16(9-11-18)20(25)24-17-13-21-19(22-14-17)15-6-4-3-5-7-15/h2-11,13-14,23H,1,12H2,(H,24,25). The van der Waals surface area contributed by atoms with E-state index in [0.29, 0.717) is 17.1 Å². The summed E-state index contributed by atoms with van der Waals surface area (Å²) in [6.45, 7) is 3.60. The van der Waals surface area contributed by atoms with Gasteiger partial charge in [0, 0.05) is 17.7 Å². The van der Waals surface area contributed by atoms with Crippen molar-refractivity contribution in [3.05, 3.63) is 85.2 Å². The van der Waals surface area contributed by atoms with Crippen LogP contribution in [0.25, 0.3) is 11.4 Å². The van der Waals surface area contributed by atoms with Crippen molar-refractivity contribution in [1.82, 2.24) is 14.7 Å². The highest BCUT2D eigenvalue weighted by Gasteiger charge is 2.14. The molecule has 0 radical (unpaired) electrons. The van der Waals surface area contributed by atoms with Crippen LogP contribution in [-0.4, -0.2) is 30.8 Å². The number of carbonyl (C=O) groups is 1. The fraction of sp³-hybridized carbons (Fsp3) is 0.0500.